The Bertz CT molecular complexity index is 3520. The van der Waals surface area contributed by atoms with Gasteiger partial charge < -0.3 is 9.32 Å². The molecule has 12 rings (SSSR count). The van der Waals surface area contributed by atoms with Crippen LogP contribution in [0, 0.1) is 0 Å². The van der Waals surface area contributed by atoms with Gasteiger partial charge in [0.05, 0.1) is 5.69 Å². The summed E-state index contributed by atoms with van der Waals surface area (Å²) in [5.41, 5.74) is 9.50. The van der Waals surface area contributed by atoms with Gasteiger partial charge in [-0.15, -0.1) is 0 Å². The van der Waals surface area contributed by atoms with E-state index in [2.05, 4.69) is 217 Å². The number of hydrogen-bond acceptors (Lipinski definition) is 2. The predicted molar refractivity (Wildman–Crippen MR) is 247 cm³/mol. The van der Waals surface area contributed by atoms with Crippen molar-refractivity contribution in [3.05, 3.63) is 212 Å². The van der Waals surface area contributed by atoms with Gasteiger partial charge in [0, 0.05) is 27.7 Å². The molecular formula is C56H35NO. The zero-order valence-electron chi connectivity index (χ0n) is 31.6. The Morgan fingerprint density at radius 1 is 0.293 bits per heavy atom. The third-order valence-electron chi connectivity index (χ3n) is 12.0. The minimum atomic E-state index is 0.852. The highest BCUT2D eigenvalue weighted by atomic mass is 16.3. The predicted octanol–water partition coefficient (Wildman–Crippen LogP) is 16.2. The lowest BCUT2D eigenvalue weighted by Crippen LogP contribution is -2.10. The number of fused-ring (bicyclic) bond motifs is 11. The SMILES string of the molecule is c1ccc(-c2ccc(N(c3ccc4c5ccccc5c5ccccc5c4c3)c3cccc4c3oc3c(-c5cccc6ccccc56)c5ccccc5cc34)cc2)cc1. The quantitative estimate of drug-likeness (QED) is 0.164. The van der Waals surface area contributed by atoms with Gasteiger partial charge in [-0.05, 0) is 107 Å². The van der Waals surface area contributed by atoms with E-state index in [-0.39, 0.29) is 0 Å². The van der Waals surface area contributed by atoms with Crippen LogP contribution in [0.4, 0.5) is 17.1 Å². The molecule has 1 aromatic heterocycles. The first-order valence-corrected chi connectivity index (χ1v) is 19.9. The molecule has 0 saturated heterocycles. The summed E-state index contributed by atoms with van der Waals surface area (Å²) in [6, 6.07) is 76.8. The van der Waals surface area contributed by atoms with Crippen molar-refractivity contribution in [3.8, 4) is 22.3 Å². The molecule has 12 aromatic rings. The van der Waals surface area contributed by atoms with Gasteiger partial charge in [0.25, 0.3) is 0 Å². The van der Waals surface area contributed by atoms with Gasteiger partial charge in [0.1, 0.15) is 5.58 Å². The second kappa shape index (κ2) is 12.9. The number of furan rings is 1. The molecule has 0 radical (unpaired) electrons. The Balaban J connectivity index is 1.15. The molecule has 0 amide bonds. The van der Waals surface area contributed by atoms with Crippen LogP contribution in [0.3, 0.4) is 0 Å². The highest BCUT2D eigenvalue weighted by Gasteiger charge is 2.23. The molecule has 0 aliphatic heterocycles. The number of hydrogen-bond donors (Lipinski definition) is 0. The third-order valence-corrected chi connectivity index (χ3v) is 12.0. The fraction of sp³-hybridized carbons (Fsp3) is 0. The van der Waals surface area contributed by atoms with E-state index in [0.717, 1.165) is 44.6 Å². The standard InChI is InChI=1S/C56H35NO/c1-2-14-36(15-3-1)37-28-30-40(31-29-37)57(41-32-33-48-46-23-9-8-21-44(46)45-22-10-11-24-47(45)51(48)35-41)53-27-13-26-50-52-34-39-17-5-7-20-43(39)54(56(52)58-55(50)53)49-25-12-18-38-16-4-6-19-42(38)49/h1-35H. The zero-order valence-corrected chi connectivity index (χ0v) is 31.6. The summed E-state index contributed by atoms with van der Waals surface area (Å²) >= 11 is 0. The van der Waals surface area contributed by atoms with Crippen LogP contribution in [0.2, 0.25) is 0 Å². The van der Waals surface area contributed by atoms with Gasteiger partial charge in [-0.3, -0.25) is 0 Å². The first-order chi connectivity index (χ1) is 28.8. The molecule has 0 fully saturated rings. The fourth-order valence-electron chi connectivity index (χ4n) is 9.36. The summed E-state index contributed by atoms with van der Waals surface area (Å²) in [5.74, 6) is 0. The first kappa shape index (κ1) is 32.6. The van der Waals surface area contributed by atoms with Crippen LogP contribution in [0.25, 0.3) is 98.1 Å². The van der Waals surface area contributed by atoms with Crippen LogP contribution >= 0.6 is 0 Å². The van der Waals surface area contributed by atoms with E-state index in [1.807, 2.05) is 0 Å². The van der Waals surface area contributed by atoms with Crippen molar-refractivity contribution in [3.63, 3.8) is 0 Å². The van der Waals surface area contributed by atoms with Crippen molar-refractivity contribution in [1.82, 2.24) is 0 Å². The van der Waals surface area contributed by atoms with E-state index in [1.54, 1.807) is 0 Å². The molecule has 0 N–H and O–H groups in total. The van der Waals surface area contributed by atoms with Gasteiger partial charge in [-0.1, -0.05) is 176 Å². The van der Waals surface area contributed by atoms with Gasteiger partial charge in [0.15, 0.2) is 5.58 Å². The van der Waals surface area contributed by atoms with Crippen molar-refractivity contribution in [2.24, 2.45) is 0 Å². The number of benzene rings is 11. The second-order valence-electron chi connectivity index (χ2n) is 15.2. The smallest absolute Gasteiger partial charge is 0.159 e. The molecule has 0 unspecified atom stereocenters. The van der Waals surface area contributed by atoms with Gasteiger partial charge in [-0.2, -0.15) is 0 Å². The molecule has 0 aliphatic rings. The van der Waals surface area contributed by atoms with E-state index in [0.29, 0.717) is 0 Å². The highest BCUT2D eigenvalue weighted by molar-refractivity contribution is 6.26. The number of nitrogens with zero attached hydrogens (tertiary/aromatic N) is 1. The summed E-state index contributed by atoms with van der Waals surface area (Å²) < 4.78 is 7.32. The van der Waals surface area contributed by atoms with E-state index in [4.69, 9.17) is 4.42 Å². The van der Waals surface area contributed by atoms with E-state index >= 15 is 0 Å². The average molecular weight is 738 g/mol. The first-order valence-electron chi connectivity index (χ1n) is 19.9. The Morgan fingerprint density at radius 3 is 1.57 bits per heavy atom. The maximum absolute atomic E-state index is 7.32. The van der Waals surface area contributed by atoms with Gasteiger partial charge >= 0.3 is 0 Å². The van der Waals surface area contributed by atoms with Crippen LogP contribution in [0.15, 0.2) is 217 Å². The second-order valence-corrected chi connectivity index (χ2v) is 15.2. The molecule has 0 bridgehead atoms. The third kappa shape index (κ3) is 4.99. The Morgan fingerprint density at radius 2 is 0.828 bits per heavy atom. The number of anilines is 3. The minimum absolute atomic E-state index is 0.852. The topological polar surface area (TPSA) is 16.4 Å². The van der Waals surface area contributed by atoms with Crippen LogP contribution in [0.1, 0.15) is 0 Å². The summed E-state index contributed by atoms with van der Waals surface area (Å²) in [7, 11) is 0. The molecule has 2 nitrogen and oxygen atoms in total. The molecule has 0 aliphatic carbocycles. The molecule has 11 aromatic carbocycles. The minimum Gasteiger partial charge on any atom is -0.453 e. The molecule has 0 atom stereocenters. The molecule has 0 saturated carbocycles. The van der Waals surface area contributed by atoms with E-state index < -0.39 is 0 Å². The van der Waals surface area contributed by atoms with Gasteiger partial charge in [0.2, 0.25) is 0 Å². The summed E-state index contributed by atoms with van der Waals surface area (Å²) in [4.78, 5) is 2.38. The lowest BCUT2D eigenvalue weighted by Gasteiger charge is -2.26. The van der Waals surface area contributed by atoms with Crippen LogP contribution in [0.5, 0.6) is 0 Å². The summed E-state index contributed by atoms with van der Waals surface area (Å²) in [6.45, 7) is 0. The summed E-state index contributed by atoms with van der Waals surface area (Å²) in [5, 5.41) is 14.5. The van der Waals surface area contributed by atoms with Crippen LogP contribution in [-0.4, -0.2) is 0 Å². The molecular weight excluding hydrogens is 703 g/mol. The highest BCUT2D eigenvalue weighted by Crippen LogP contribution is 2.48. The number of rotatable bonds is 5. The molecule has 0 spiro atoms. The average Bonchev–Trinajstić information content (AvgIpc) is 3.67. The lowest BCUT2D eigenvalue weighted by atomic mass is 9.92. The monoisotopic (exact) mass is 737 g/mol. The Kier molecular flexibility index (Phi) is 7.26. The van der Waals surface area contributed by atoms with E-state index in [1.165, 1.54) is 70.6 Å². The molecule has 58 heavy (non-hydrogen) atoms. The fourth-order valence-corrected chi connectivity index (χ4v) is 9.36. The van der Waals surface area contributed by atoms with Crippen molar-refractivity contribution in [2.45, 2.75) is 0 Å². The largest absolute Gasteiger partial charge is 0.453 e. The van der Waals surface area contributed by atoms with E-state index in [9.17, 15) is 0 Å². The molecule has 2 heteroatoms. The van der Waals surface area contributed by atoms with Crippen molar-refractivity contribution in [2.75, 3.05) is 4.90 Å². The van der Waals surface area contributed by atoms with Crippen molar-refractivity contribution >= 4 is 92.9 Å². The van der Waals surface area contributed by atoms with Crippen molar-refractivity contribution < 1.29 is 4.42 Å². The Labute approximate surface area is 335 Å². The lowest BCUT2D eigenvalue weighted by molar-refractivity contribution is 0.670. The maximum Gasteiger partial charge on any atom is 0.159 e. The molecule has 270 valence electrons. The zero-order chi connectivity index (χ0) is 38.2. The Hall–Kier alpha value is -7.68. The normalized spacial score (nSPS) is 11.8. The van der Waals surface area contributed by atoms with Crippen molar-refractivity contribution in [1.29, 1.82) is 0 Å². The summed E-state index contributed by atoms with van der Waals surface area (Å²) in [6.07, 6.45) is 0. The van der Waals surface area contributed by atoms with Gasteiger partial charge in [-0.25, -0.2) is 0 Å². The number of para-hydroxylation sites is 1. The van der Waals surface area contributed by atoms with Crippen LogP contribution in [-0.2, 0) is 0 Å². The maximum atomic E-state index is 7.32. The molecule has 1 heterocycles. The van der Waals surface area contributed by atoms with Crippen LogP contribution < -0.4 is 4.90 Å².